The summed E-state index contributed by atoms with van der Waals surface area (Å²) in [4.78, 5) is 28.8. The fourth-order valence-corrected chi connectivity index (χ4v) is 2.64. The summed E-state index contributed by atoms with van der Waals surface area (Å²) in [5.74, 6) is -0.758. The third-order valence-corrected chi connectivity index (χ3v) is 4.09. The van der Waals surface area contributed by atoms with Gasteiger partial charge in [0, 0.05) is 18.3 Å². The summed E-state index contributed by atoms with van der Waals surface area (Å²) in [6.45, 7) is 0.469. The van der Waals surface area contributed by atoms with E-state index in [1.165, 1.54) is 18.3 Å². The van der Waals surface area contributed by atoms with E-state index in [-0.39, 0.29) is 17.2 Å². The molecule has 0 spiro atoms. The highest BCUT2D eigenvalue weighted by Crippen LogP contribution is 2.15. The molecule has 0 aliphatic rings. The van der Waals surface area contributed by atoms with Crippen molar-refractivity contribution >= 4 is 17.5 Å². The lowest BCUT2D eigenvalue weighted by atomic mass is 10.1. The van der Waals surface area contributed by atoms with Crippen LogP contribution in [0.15, 0.2) is 72.9 Å². The van der Waals surface area contributed by atoms with E-state index in [1.807, 2.05) is 36.4 Å². The van der Waals surface area contributed by atoms with Gasteiger partial charge in [0.1, 0.15) is 11.8 Å². The molecule has 0 aliphatic carbocycles. The van der Waals surface area contributed by atoms with Crippen molar-refractivity contribution in [1.29, 1.82) is 5.26 Å². The molecule has 138 valence electrons. The fraction of sp³-hybridized carbons (Fsp3) is 0.0909. The van der Waals surface area contributed by atoms with Gasteiger partial charge in [-0.25, -0.2) is 0 Å². The zero-order valence-corrected chi connectivity index (χ0v) is 15.1. The lowest BCUT2D eigenvalue weighted by molar-refractivity contribution is 0.0949. The maximum absolute atomic E-state index is 12.5. The number of carbonyl (C=O) groups is 2. The van der Waals surface area contributed by atoms with Gasteiger partial charge in [-0.1, -0.05) is 42.5 Å². The average Bonchev–Trinajstić information content (AvgIpc) is 2.75. The van der Waals surface area contributed by atoms with Crippen molar-refractivity contribution in [3.63, 3.8) is 0 Å². The summed E-state index contributed by atoms with van der Waals surface area (Å²) in [7, 11) is 0. The van der Waals surface area contributed by atoms with Crippen LogP contribution in [0.2, 0.25) is 0 Å². The average molecular weight is 370 g/mol. The summed E-state index contributed by atoms with van der Waals surface area (Å²) in [5.41, 5.74) is 2.36. The van der Waals surface area contributed by atoms with Crippen molar-refractivity contribution in [2.24, 2.45) is 0 Å². The third kappa shape index (κ3) is 4.80. The molecule has 0 fully saturated rings. The molecule has 0 saturated heterocycles. The van der Waals surface area contributed by atoms with E-state index < -0.39 is 5.91 Å². The number of benzene rings is 2. The van der Waals surface area contributed by atoms with Crippen LogP contribution in [0.3, 0.4) is 0 Å². The van der Waals surface area contributed by atoms with Gasteiger partial charge in [0.05, 0.1) is 11.3 Å². The minimum absolute atomic E-state index is 0.161. The molecule has 1 heterocycles. The summed E-state index contributed by atoms with van der Waals surface area (Å²) in [5, 5.41) is 14.6. The van der Waals surface area contributed by atoms with E-state index >= 15 is 0 Å². The van der Waals surface area contributed by atoms with Crippen molar-refractivity contribution in [3.8, 4) is 6.07 Å². The van der Waals surface area contributed by atoms with Crippen LogP contribution in [0.5, 0.6) is 0 Å². The largest absolute Gasteiger partial charge is 0.350 e. The van der Waals surface area contributed by atoms with Gasteiger partial charge in [0.15, 0.2) is 0 Å². The van der Waals surface area contributed by atoms with Gasteiger partial charge in [-0.05, 0) is 36.2 Å². The van der Waals surface area contributed by atoms with Crippen molar-refractivity contribution < 1.29 is 9.59 Å². The molecule has 0 saturated carbocycles. The smallest absolute Gasteiger partial charge is 0.269 e. The molecule has 2 aromatic carbocycles. The summed E-state index contributed by atoms with van der Waals surface area (Å²) >= 11 is 0. The Morgan fingerprint density at radius 3 is 2.50 bits per heavy atom. The van der Waals surface area contributed by atoms with Crippen LogP contribution in [-0.2, 0) is 6.42 Å². The monoisotopic (exact) mass is 370 g/mol. The van der Waals surface area contributed by atoms with Crippen molar-refractivity contribution in [2.45, 2.75) is 6.42 Å². The number of amides is 2. The van der Waals surface area contributed by atoms with E-state index in [0.29, 0.717) is 24.2 Å². The first-order chi connectivity index (χ1) is 13.7. The van der Waals surface area contributed by atoms with Gasteiger partial charge in [0.25, 0.3) is 11.8 Å². The molecule has 2 N–H and O–H groups in total. The zero-order chi connectivity index (χ0) is 19.8. The number of nitrogens with zero attached hydrogens (tertiary/aromatic N) is 2. The Balaban J connectivity index is 1.63. The predicted molar refractivity (Wildman–Crippen MR) is 106 cm³/mol. The second kappa shape index (κ2) is 9.10. The first-order valence-corrected chi connectivity index (χ1v) is 8.76. The molecule has 0 radical (unpaired) electrons. The van der Waals surface area contributed by atoms with Crippen LogP contribution in [0.25, 0.3) is 0 Å². The highest BCUT2D eigenvalue weighted by Gasteiger charge is 2.13. The molecule has 6 heteroatoms. The molecule has 0 aliphatic heterocycles. The Kier molecular flexibility index (Phi) is 6.11. The minimum Gasteiger partial charge on any atom is -0.350 e. The number of nitrogens with one attached hydrogen (secondary N) is 2. The van der Waals surface area contributed by atoms with E-state index in [9.17, 15) is 9.59 Å². The van der Waals surface area contributed by atoms with Crippen molar-refractivity contribution in [3.05, 3.63) is 95.3 Å². The van der Waals surface area contributed by atoms with Crippen molar-refractivity contribution in [1.82, 2.24) is 10.3 Å². The van der Waals surface area contributed by atoms with Gasteiger partial charge in [-0.3, -0.25) is 14.6 Å². The molecule has 0 unspecified atom stereocenters. The summed E-state index contributed by atoms with van der Waals surface area (Å²) in [6, 6.07) is 21.5. The van der Waals surface area contributed by atoms with Crippen LogP contribution in [0.4, 0.5) is 5.69 Å². The Labute approximate surface area is 162 Å². The molecule has 3 rings (SSSR count). The van der Waals surface area contributed by atoms with Gasteiger partial charge < -0.3 is 10.6 Å². The quantitative estimate of drug-likeness (QED) is 0.697. The molecule has 0 atom stereocenters. The Morgan fingerprint density at radius 2 is 1.71 bits per heavy atom. The van der Waals surface area contributed by atoms with E-state index in [1.54, 1.807) is 24.3 Å². The van der Waals surface area contributed by atoms with E-state index in [4.69, 9.17) is 5.26 Å². The molecule has 3 aromatic rings. The Morgan fingerprint density at radius 1 is 0.964 bits per heavy atom. The maximum Gasteiger partial charge on any atom is 0.269 e. The SMILES string of the molecule is N#Cc1ccccc1NC(=O)c1ccnc(C(=O)NCCc2ccccc2)c1. The molecule has 0 bridgehead atoms. The fourth-order valence-electron chi connectivity index (χ4n) is 2.64. The number of rotatable bonds is 6. The Bertz CT molecular complexity index is 1030. The molecule has 1 aromatic heterocycles. The molecular formula is C22H18N4O2. The van der Waals surface area contributed by atoms with Crippen LogP contribution in [0, 0.1) is 11.3 Å². The number of hydrogen-bond donors (Lipinski definition) is 2. The number of aromatic nitrogens is 1. The van der Waals surface area contributed by atoms with Gasteiger partial charge in [0.2, 0.25) is 0 Å². The highest BCUT2D eigenvalue weighted by molar-refractivity contribution is 6.06. The number of nitriles is 1. The molecule has 28 heavy (non-hydrogen) atoms. The summed E-state index contributed by atoms with van der Waals surface area (Å²) in [6.07, 6.45) is 2.12. The number of pyridine rings is 1. The molecule has 2 amide bonds. The Hall–Kier alpha value is -3.98. The molecule has 6 nitrogen and oxygen atoms in total. The first-order valence-electron chi connectivity index (χ1n) is 8.76. The zero-order valence-electron chi connectivity index (χ0n) is 15.1. The van der Waals surface area contributed by atoms with Gasteiger partial charge in [-0.2, -0.15) is 5.26 Å². The third-order valence-electron chi connectivity index (χ3n) is 4.09. The topological polar surface area (TPSA) is 94.9 Å². The second-order valence-electron chi connectivity index (χ2n) is 6.03. The lowest BCUT2D eigenvalue weighted by Gasteiger charge is -2.08. The van der Waals surface area contributed by atoms with Gasteiger partial charge >= 0.3 is 0 Å². The number of para-hydroxylation sites is 1. The maximum atomic E-state index is 12.5. The summed E-state index contributed by atoms with van der Waals surface area (Å²) < 4.78 is 0. The van der Waals surface area contributed by atoms with Crippen LogP contribution < -0.4 is 10.6 Å². The van der Waals surface area contributed by atoms with Crippen LogP contribution in [0.1, 0.15) is 32.0 Å². The second-order valence-corrected chi connectivity index (χ2v) is 6.03. The van der Waals surface area contributed by atoms with E-state index in [2.05, 4.69) is 15.6 Å². The number of carbonyl (C=O) groups excluding carboxylic acids is 2. The molecular weight excluding hydrogens is 352 g/mol. The normalized spacial score (nSPS) is 9.96. The number of hydrogen-bond acceptors (Lipinski definition) is 4. The first kappa shape index (κ1) is 18.8. The standard InChI is InChI=1S/C22H18N4O2/c23-15-18-8-4-5-9-19(18)26-21(27)17-11-13-24-20(14-17)22(28)25-12-10-16-6-2-1-3-7-16/h1-9,11,13-14H,10,12H2,(H,25,28)(H,26,27). The van der Waals surface area contributed by atoms with E-state index in [0.717, 1.165) is 5.56 Å². The van der Waals surface area contributed by atoms with Gasteiger partial charge in [-0.15, -0.1) is 0 Å². The van der Waals surface area contributed by atoms with Crippen molar-refractivity contribution in [2.75, 3.05) is 11.9 Å². The minimum atomic E-state index is -0.413. The highest BCUT2D eigenvalue weighted by atomic mass is 16.2. The van der Waals surface area contributed by atoms with Crippen LogP contribution >= 0.6 is 0 Å². The number of anilines is 1. The predicted octanol–water partition coefficient (Wildman–Crippen LogP) is 3.18. The lowest BCUT2D eigenvalue weighted by Crippen LogP contribution is -2.27. The van der Waals surface area contributed by atoms with Crippen LogP contribution in [-0.4, -0.2) is 23.3 Å².